The Bertz CT molecular complexity index is 450. The number of benzene rings is 1. The molecule has 1 aliphatic rings. The van der Waals surface area contributed by atoms with E-state index in [-0.39, 0.29) is 5.54 Å². The molecule has 1 saturated carbocycles. The maximum atomic E-state index is 6.41. The van der Waals surface area contributed by atoms with Crippen molar-refractivity contribution in [2.45, 2.75) is 38.1 Å². The summed E-state index contributed by atoms with van der Waals surface area (Å²) in [5.74, 6) is 0.699. The van der Waals surface area contributed by atoms with Gasteiger partial charge in [0, 0.05) is 5.54 Å². The third-order valence-electron chi connectivity index (χ3n) is 3.48. The number of rotatable bonds is 4. The number of hydrogen-bond acceptors (Lipinski definition) is 2. The summed E-state index contributed by atoms with van der Waals surface area (Å²) in [4.78, 5) is 0. The van der Waals surface area contributed by atoms with E-state index in [1.165, 1.54) is 12.8 Å². The Hall–Kier alpha value is -0.990. The molecule has 2 N–H and O–H groups in total. The lowest BCUT2D eigenvalue weighted by molar-refractivity contribution is 0.352. The summed E-state index contributed by atoms with van der Waals surface area (Å²) in [5.41, 5.74) is 8.30. The zero-order valence-corrected chi connectivity index (χ0v) is 11.6. The molecule has 1 fully saturated rings. The predicted octanol–water partition coefficient (Wildman–Crippen LogP) is 4.02. The van der Waals surface area contributed by atoms with Gasteiger partial charge in [-0.15, -0.1) is 0 Å². The second kappa shape index (κ2) is 5.33. The highest BCUT2D eigenvalue weighted by molar-refractivity contribution is 6.32. The monoisotopic (exact) mass is 265 g/mol. The molecule has 0 saturated heterocycles. The van der Waals surface area contributed by atoms with Crippen LogP contribution in [0.25, 0.3) is 0 Å². The molecule has 0 radical (unpaired) electrons. The van der Waals surface area contributed by atoms with Gasteiger partial charge < -0.3 is 10.5 Å². The molecule has 1 aromatic rings. The van der Waals surface area contributed by atoms with E-state index in [9.17, 15) is 0 Å². The maximum absolute atomic E-state index is 6.41. The zero-order valence-electron chi connectivity index (χ0n) is 10.8. The van der Waals surface area contributed by atoms with E-state index in [1.54, 1.807) is 0 Å². The SMILES string of the molecule is C=C(C)COc1ccc(C2(N)CCCC2)cc1Cl. The van der Waals surface area contributed by atoms with Gasteiger partial charge >= 0.3 is 0 Å². The minimum atomic E-state index is -0.198. The van der Waals surface area contributed by atoms with Crippen molar-refractivity contribution in [2.24, 2.45) is 5.73 Å². The minimum Gasteiger partial charge on any atom is -0.488 e. The summed E-state index contributed by atoms with van der Waals surface area (Å²) in [6.45, 7) is 6.22. The molecule has 0 heterocycles. The Morgan fingerprint density at radius 3 is 2.67 bits per heavy atom. The molecular formula is C15H20ClNO. The normalized spacial score (nSPS) is 17.7. The van der Waals surface area contributed by atoms with Gasteiger partial charge in [-0.2, -0.15) is 0 Å². The van der Waals surface area contributed by atoms with Gasteiger partial charge in [0.15, 0.2) is 0 Å². The standard InChI is InChI=1S/C15H20ClNO/c1-11(2)10-18-14-6-5-12(9-13(14)16)15(17)7-3-4-8-15/h5-6,9H,1,3-4,7-8,10,17H2,2H3. The summed E-state index contributed by atoms with van der Waals surface area (Å²) in [6.07, 6.45) is 4.47. The molecule has 0 amide bonds. The Morgan fingerprint density at radius 1 is 1.44 bits per heavy atom. The Kier molecular flexibility index (Phi) is 3.98. The summed E-state index contributed by atoms with van der Waals surface area (Å²) in [7, 11) is 0. The summed E-state index contributed by atoms with van der Waals surface area (Å²) < 4.78 is 5.58. The van der Waals surface area contributed by atoms with Crippen molar-refractivity contribution in [1.29, 1.82) is 0 Å². The second-order valence-corrected chi connectivity index (χ2v) is 5.66. The molecule has 0 aromatic heterocycles. The van der Waals surface area contributed by atoms with Crippen LogP contribution in [0.2, 0.25) is 5.02 Å². The van der Waals surface area contributed by atoms with Gasteiger partial charge in [0.25, 0.3) is 0 Å². The van der Waals surface area contributed by atoms with E-state index in [0.29, 0.717) is 17.4 Å². The molecule has 0 atom stereocenters. The molecule has 1 aromatic carbocycles. The smallest absolute Gasteiger partial charge is 0.138 e. The van der Waals surface area contributed by atoms with E-state index in [1.807, 2.05) is 25.1 Å². The fraction of sp³-hybridized carbons (Fsp3) is 0.467. The maximum Gasteiger partial charge on any atom is 0.138 e. The van der Waals surface area contributed by atoms with Gasteiger partial charge in [-0.05, 0) is 43.0 Å². The fourth-order valence-electron chi connectivity index (χ4n) is 2.42. The first-order valence-electron chi connectivity index (χ1n) is 6.37. The van der Waals surface area contributed by atoms with E-state index in [0.717, 1.165) is 24.0 Å². The molecule has 98 valence electrons. The molecule has 0 aliphatic heterocycles. The lowest BCUT2D eigenvalue weighted by Gasteiger charge is -2.24. The van der Waals surface area contributed by atoms with Crippen LogP contribution in [-0.4, -0.2) is 6.61 Å². The van der Waals surface area contributed by atoms with Gasteiger partial charge in [-0.3, -0.25) is 0 Å². The highest BCUT2D eigenvalue weighted by Gasteiger charge is 2.31. The van der Waals surface area contributed by atoms with Crippen molar-refractivity contribution in [2.75, 3.05) is 6.61 Å². The topological polar surface area (TPSA) is 35.2 Å². The van der Waals surface area contributed by atoms with Gasteiger partial charge in [-0.1, -0.05) is 37.1 Å². The van der Waals surface area contributed by atoms with Crippen molar-refractivity contribution < 1.29 is 4.74 Å². The van der Waals surface area contributed by atoms with Gasteiger partial charge in [0.1, 0.15) is 12.4 Å². The first-order chi connectivity index (χ1) is 8.51. The van der Waals surface area contributed by atoms with Crippen molar-refractivity contribution in [3.63, 3.8) is 0 Å². The highest BCUT2D eigenvalue weighted by atomic mass is 35.5. The zero-order chi connectivity index (χ0) is 13.2. The van der Waals surface area contributed by atoms with Crippen LogP contribution in [0.1, 0.15) is 38.2 Å². The van der Waals surface area contributed by atoms with Crippen LogP contribution < -0.4 is 10.5 Å². The van der Waals surface area contributed by atoms with Gasteiger partial charge in [0.05, 0.1) is 5.02 Å². The van der Waals surface area contributed by atoms with Gasteiger partial charge in [-0.25, -0.2) is 0 Å². The molecular weight excluding hydrogens is 246 g/mol. The molecule has 3 heteroatoms. The van der Waals surface area contributed by atoms with Crippen molar-refractivity contribution in [3.05, 3.63) is 40.9 Å². The van der Waals surface area contributed by atoms with Crippen LogP contribution in [0.15, 0.2) is 30.4 Å². The van der Waals surface area contributed by atoms with Crippen LogP contribution in [0, 0.1) is 0 Å². The van der Waals surface area contributed by atoms with Crippen LogP contribution in [-0.2, 0) is 5.54 Å². The molecule has 0 bridgehead atoms. The van der Waals surface area contributed by atoms with Crippen LogP contribution >= 0.6 is 11.6 Å². The lowest BCUT2D eigenvalue weighted by Crippen LogP contribution is -2.32. The van der Waals surface area contributed by atoms with E-state index < -0.39 is 0 Å². The second-order valence-electron chi connectivity index (χ2n) is 5.25. The lowest BCUT2D eigenvalue weighted by atomic mass is 9.89. The third-order valence-corrected chi connectivity index (χ3v) is 3.77. The minimum absolute atomic E-state index is 0.198. The average Bonchev–Trinajstić information content (AvgIpc) is 2.75. The molecule has 1 aliphatic carbocycles. The summed E-state index contributed by atoms with van der Waals surface area (Å²) in [5, 5.41) is 0.630. The largest absolute Gasteiger partial charge is 0.488 e. The number of hydrogen-bond donors (Lipinski definition) is 1. The van der Waals surface area contributed by atoms with Crippen LogP contribution in [0.4, 0.5) is 0 Å². The molecule has 18 heavy (non-hydrogen) atoms. The molecule has 2 nitrogen and oxygen atoms in total. The summed E-state index contributed by atoms with van der Waals surface area (Å²) >= 11 is 6.24. The van der Waals surface area contributed by atoms with Crippen LogP contribution in [0.5, 0.6) is 5.75 Å². The number of halogens is 1. The Labute approximate surface area is 114 Å². The molecule has 2 rings (SSSR count). The van der Waals surface area contributed by atoms with Crippen molar-refractivity contribution in [3.8, 4) is 5.75 Å². The van der Waals surface area contributed by atoms with E-state index in [4.69, 9.17) is 22.1 Å². The quantitative estimate of drug-likeness (QED) is 0.835. The highest BCUT2D eigenvalue weighted by Crippen LogP contribution is 2.38. The molecule has 0 spiro atoms. The Balaban J connectivity index is 2.16. The van der Waals surface area contributed by atoms with E-state index in [2.05, 4.69) is 6.58 Å². The average molecular weight is 266 g/mol. The first kappa shape index (κ1) is 13.4. The van der Waals surface area contributed by atoms with Crippen molar-refractivity contribution in [1.82, 2.24) is 0 Å². The van der Waals surface area contributed by atoms with Crippen LogP contribution in [0.3, 0.4) is 0 Å². The fourth-order valence-corrected chi connectivity index (χ4v) is 2.66. The number of nitrogens with two attached hydrogens (primary N) is 1. The van der Waals surface area contributed by atoms with Gasteiger partial charge in [0.2, 0.25) is 0 Å². The number of ether oxygens (including phenoxy) is 1. The summed E-state index contributed by atoms with van der Waals surface area (Å²) in [6, 6.07) is 5.89. The van der Waals surface area contributed by atoms with E-state index >= 15 is 0 Å². The third kappa shape index (κ3) is 2.88. The molecule has 0 unspecified atom stereocenters. The predicted molar refractivity (Wildman–Crippen MR) is 76.1 cm³/mol. The first-order valence-corrected chi connectivity index (χ1v) is 6.75. The van der Waals surface area contributed by atoms with Crippen molar-refractivity contribution >= 4 is 11.6 Å². The Morgan fingerprint density at radius 2 is 2.11 bits per heavy atom.